The second-order valence-corrected chi connectivity index (χ2v) is 6.31. The molecule has 0 bridgehead atoms. The summed E-state index contributed by atoms with van der Waals surface area (Å²) in [5.74, 6) is 1.34. The molecule has 1 saturated heterocycles. The van der Waals surface area contributed by atoms with Crippen LogP contribution in [0.4, 0.5) is 5.69 Å². The van der Waals surface area contributed by atoms with Crippen molar-refractivity contribution in [1.29, 1.82) is 0 Å². The molecule has 3 unspecified atom stereocenters. The van der Waals surface area contributed by atoms with Crippen LogP contribution in [0.5, 0.6) is 0 Å². The van der Waals surface area contributed by atoms with Gasteiger partial charge in [0.2, 0.25) is 0 Å². The molecule has 2 fully saturated rings. The molecule has 1 heterocycles. The molecule has 1 aliphatic carbocycles. The molecule has 0 aromatic heterocycles. The Morgan fingerprint density at radius 3 is 2.76 bits per heavy atom. The van der Waals surface area contributed by atoms with E-state index in [-0.39, 0.29) is 23.1 Å². The first-order valence-corrected chi connectivity index (χ1v) is 7.33. The quantitative estimate of drug-likeness (QED) is 0.682. The van der Waals surface area contributed by atoms with E-state index in [2.05, 4.69) is 4.90 Å². The van der Waals surface area contributed by atoms with E-state index in [1.807, 2.05) is 0 Å². The van der Waals surface area contributed by atoms with Gasteiger partial charge in [0.25, 0.3) is 5.69 Å². The maximum absolute atomic E-state index is 10.7. The van der Waals surface area contributed by atoms with Crippen LogP contribution < -0.4 is 5.73 Å². The molecule has 21 heavy (non-hydrogen) atoms. The van der Waals surface area contributed by atoms with Gasteiger partial charge in [-0.1, -0.05) is 17.7 Å². The highest BCUT2D eigenvalue weighted by Crippen LogP contribution is 2.37. The summed E-state index contributed by atoms with van der Waals surface area (Å²) in [5, 5.41) is 11.0. The zero-order valence-corrected chi connectivity index (χ0v) is 13.1. The predicted molar refractivity (Wildman–Crippen MR) is 84.8 cm³/mol. The maximum Gasteiger partial charge on any atom is 0.287 e. The fraction of sp³-hybridized carbons (Fsp3) is 0.571. The Bertz CT molecular complexity index is 541. The number of nitro benzene ring substituents is 1. The van der Waals surface area contributed by atoms with Crippen molar-refractivity contribution in [1.82, 2.24) is 4.90 Å². The molecule has 0 amide bonds. The minimum atomic E-state index is -0.453. The van der Waals surface area contributed by atoms with Crippen LogP contribution in [-0.4, -0.2) is 29.0 Å². The molecule has 0 spiro atoms. The minimum absolute atomic E-state index is 0. The molecule has 2 N–H and O–H groups in total. The third-order valence-corrected chi connectivity index (χ3v) is 4.91. The Morgan fingerprint density at radius 2 is 2.14 bits per heavy atom. The highest BCUT2D eigenvalue weighted by atomic mass is 35.5. The molecular weight excluding hydrogens is 313 g/mol. The van der Waals surface area contributed by atoms with Crippen LogP contribution in [0.2, 0.25) is 5.02 Å². The summed E-state index contributed by atoms with van der Waals surface area (Å²) in [5.41, 5.74) is 7.12. The number of hydrogen-bond acceptors (Lipinski definition) is 4. The Hall–Kier alpha value is -0.880. The second-order valence-electron chi connectivity index (χ2n) is 5.90. The highest BCUT2D eigenvalue weighted by molar-refractivity contribution is 6.32. The first-order valence-electron chi connectivity index (χ1n) is 6.95. The van der Waals surface area contributed by atoms with Crippen molar-refractivity contribution >= 4 is 29.7 Å². The first-order chi connectivity index (χ1) is 9.54. The van der Waals surface area contributed by atoms with Crippen LogP contribution in [-0.2, 0) is 6.54 Å². The number of nitro groups is 1. The largest absolute Gasteiger partial charge is 0.327 e. The van der Waals surface area contributed by atoms with Crippen molar-refractivity contribution in [2.75, 3.05) is 13.1 Å². The number of halogens is 2. The zero-order chi connectivity index (χ0) is 14.3. The van der Waals surface area contributed by atoms with Crippen LogP contribution in [0.1, 0.15) is 18.4 Å². The number of fused-ring (bicyclic) bond motifs is 1. The molecule has 7 heteroatoms. The smallest absolute Gasteiger partial charge is 0.287 e. The van der Waals surface area contributed by atoms with Crippen LogP contribution in [0.15, 0.2) is 18.2 Å². The molecule has 1 aromatic carbocycles. The van der Waals surface area contributed by atoms with Gasteiger partial charge in [-0.05, 0) is 36.3 Å². The second kappa shape index (κ2) is 6.48. The summed E-state index contributed by atoms with van der Waals surface area (Å²) in [6.07, 6.45) is 2.37. The first kappa shape index (κ1) is 16.5. The SMILES string of the molecule is Cl.NC1CCC2CN(Cc3ccc([N+](=O)[O-])c(Cl)c3)CC12. The van der Waals surface area contributed by atoms with Crippen molar-refractivity contribution < 1.29 is 4.92 Å². The van der Waals surface area contributed by atoms with Gasteiger partial charge < -0.3 is 5.73 Å². The average Bonchev–Trinajstić information content (AvgIpc) is 2.91. The van der Waals surface area contributed by atoms with E-state index in [0.29, 0.717) is 12.0 Å². The van der Waals surface area contributed by atoms with Gasteiger partial charge in [-0.3, -0.25) is 15.0 Å². The standard InChI is InChI=1S/C14H18ClN3O2.ClH/c15-12-5-9(1-4-14(12)18(19)20)6-17-7-10-2-3-13(16)11(10)8-17;/h1,4-5,10-11,13H,2-3,6-8,16H2;1H. The monoisotopic (exact) mass is 331 g/mol. The van der Waals surface area contributed by atoms with E-state index in [1.54, 1.807) is 12.1 Å². The van der Waals surface area contributed by atoms with Crippen molar-refractivity contribution in [2.45, 2.75) is 25.4 Å². The number of nitrogens with zero attached hydrogens (tertiary/aromatic N) is 2. The lowest BCUT2D eigenvalue weighted by molar-refractivity contribution is -0.384. The molecule has 1 aromatic rings. The van der Waals surface area contributed by atoms with E-state index < -0.39 is 4.92 Å². The zero-order valence-electron chi connectivity index (χ0n) is 11.6. The fourth-order valence-corrected chi connectivity index (χ4v) is 3.86. The molecule has 1 saturated carbocycles. The Morgan fingerprint density at radius 1 is 1.38 bits per heavy atom. The van der Waals surface area contributed by atoms with Crippen molar-refractivity contribution in [3.63, 3.8) is 0 Å². The van der Waals surface area contributed by atoms with E-state index in [9.17, 15) is 10.1 Å². The molecule has 116 valence electrons. The van der Waals surface area contributed by atoms with E-state index in [4.69, 9.17) is 17.3 Å². The van der Waals surface area contributed by atoms with E-state index in [0.717, 1.165) is 37.5 Å². The number of benzene rings is 1. The lowest BCUT2D eigenvalue weighted by Gasteiger charge is -2.18. The van der Waals surface area contributed by atoms with Crippen LogP contribution in [0.3, 0.4) is 0 Å². The lowest BCUT2D eigenvalue weighted by atomic mass is 9.98. The van der Waals surface area contributed by atoms with Gasteiger partial charge in [-0.25, -0.2) is 0 Å². The van der Waals surface area contributed by atoms with Crippen molar-refractivity contribution in [2.24, 2.45) is 17.6 Å². The lowest BCUT2D eigenvalue weighted by Crippen LogP contribution is -2.30. The Balaban J connectivity index is 0.00000161. The number of likely N-dealkylation sites (tertiary alicyclic amines) is 1. The maximum atomic E-state index is 10.7. The van der Waals surface area contributed by atoms with E-state index in [1.165, 1.54) is 12.5 Å². The Labute approximate surface area is 135 Å². The third-order valence-electron chi connectivity index (χ3n) is 4.60. The molecule has 5 nitrogen and oxygen atoms in total. The van der Waals surface area contributed by atoms with Gasteiger partial charge in [-0.2, -0.15) is 0 Å². The summed E-state index contributed by atoms with van der Waals surface area (Å²) in [6.45, 7) is 2.89. The Kier molecular flexibility index (Phi) is 5.09. The highest BCUT2D eigenvalue weighted by Gasteiger charge is 2.40. The average molecular weight is 332 g/mol. The van der Waals surface area contributed by atoms with Crippen LogP contribution >= 0.6 is 24.0 Å². The van der Waals surface area contributed by atoms with Crippen molar-refractivity contribution in [3.8, 4) is 0 Å². The fourth-order valence-electron chi connectivity index (χ4n) is 3.58. The minimum Gasteiger partial charge on any atom is -0.327 e. The predicted octanol–water partition coefficient (Wildman–Crippen LogP) is 2.84. The van der Waals surface area contributed by atoms with Gasteiger partial charge in [0.1, 0.15) is 5.02 Å². The normalized spacial score (nSPS) is 28.2. The molecule has 2 aliphatic rings. The molecule has 3 atom stereocenters. The molecule has 0 radical (unpaired) electrons. The van der Waals surface area contributed by atoms with Gasteiger partial charge in [0.15, 0.2) is 0 Å². The number of nitrogens with two attached hydrogens (primary N) is 1. The summed E-state index contributed by atoms with van der Waals surface area (Å²) >= 11 is 5.95. The van der Waals surface area contributed by atoms with Crippen LogP contribution in [0, 0.1) is 22.0 Å². The van der Waals surface area contributed by atoms with Crippen molar-refractivity contribution in [3.05, 3.63) is 38.9 Å². The topological polar surface area (TPSA) is 72.4 Å². The summed E-state index contributed by atoms with van der Waals surface area (Å²) in [7, 11) is 0. The number of hydrogen-bond donors (Lipinski definition) is 1. The van der Waals surface area contributed by atoms with E-state index >= 15 is 0 Å². The summed E-state index contributed by atoms with van der Waals surface area (Å²) in [4.78, 5) is 12.7. The van der Waals surface area contributed by atoms with Gasteiger partial charge in [0.05, 0.1) is 4.92 Å². The number of rotatable bonds is 3. The molecular formula is C14H19Cl2N3O2. The van der Waals surface area contributed by atoms with Crippen LogP contribution in [0.25, 0.3) is 0 Å². The molecule has 3 rings (SSSR count). The summed E-state index contributed by atoms with van der Waals surface area (Å²) < 4.78 is 0. The van der Waals surface area contributed by atoms with Gasteiger partial charge >= 0.3 is 0 Å². The third kappa shape index (κ3) is 3.31. The van der Waals surface area contributed by atoms with Gasteiger partial charge in [-0.15, -0.1) is 12.4 Å². The van der Waals surface area contributed by atoms with Gasteiger partial charge in [0, 0.05) is 31.7 Å². The summed E-state index contributed by atoms with van der Waals surface area (Å²) in [6, 6.07) is 5.32. The molecule has 1 aliphatic heterocycles.